The second-order valence-electron chi connectivity index (χ2n) is 8.50. The normalized spacial score (nSPS) is 25.3. The zero-order valence-electron chi connectivity index (χ0n) is 24.4. The standard InChI is InChI=1S/C10H32O30P10/c1-4-5(2)6(3,31-41(11)12)7(32-42(13)14,33-43(15)16)8(34-44(17)18,35-45(19)20)9(36-46(21)22,37-47(23)24)10(38-48(25)26,39-49(27)28)40-50(29)30/h5,41-50H,4H2,1-3H3,(H,11,12)(H,13,14)(H,15,16)(H,17,18)(H,19,20)(H,21,22)(H,23,24)(H,25,26)(H,27,28)(H,29,30). The van der Waals surface area contributed by atoms with Crippen molar-refractivity contribution in [3.8, 4) is 0 Å². The smallest absolute Gasteiger partial charge is 0.326 e. The molecule has 0 saturated carbocycles. The summed E-state index contributed by atoms with van der Waals surface area (Å²) in [5.74, 6) is -23.3. The molecule has 0 aliphatic rings. The van der Waals surface area contributed by atoms with Crippen LogP contribution in [0.25, 0.3) is 0 Å². The monoisotopic (exact) mass is 942 g/mol. The van der Waals surface area contributed by atoms with Crippen LogP contribution < -0.4 is 0 Å². The van der Waals surface area contributed by atoms with E-state index >= 15 is 0 Å². The van der Waals surface area contributed by atoms with E-state index in [1.807, 2.05) is 0 Å². The molecule has 302 valence electrons. The molecule has 30 nitrogen and oxygen atoms in total. The van der Waals surface area contributed by atoms with Gasteiger partial charge in [0.05, 0.1) is 0 Å². The zero-order chi connectivity index (χ0) is 39.6. The first kappa shape index (κ1) is 51.5. The summed E-state index contributed by atoms with van der Waals surface area (Å²) in [5, 5.41) is 0. The minimum atomic E-state index is -5.57. The highest BCUT2D eigenvalue weighted by atomic mass is 31.2. The molecule has 0 aliphatic carbocycles. The molecule has 0 aliphatic heterocycles. The van der Waals surface area contributed by atoms with Gasteiger partial charge in [0.15, 0.2) is 0 Å². The van der Waals surface area contributed by atoms with Crippen molar-refractivity contribution in [3.05, 3.63) is 0 Å². The number of hydrogen-bond acceptors (Lipinski definition) is 20. The van der Waals surface area contributed by atoms with Gasteiger partial charge in [-0.2, -0.15) is 0 Å². The maximum Gasteiger partial charge on any atom is 0.368 e. The predicted octanol–water partition coefficient (Wildman–Crippen LogP) is -0.480. The van der Waals surface area contributed by atoms with Gasteiger partial charge in [-0.25, -0.2) is 13.6 Å². The van der Waals surface area contributed by atoms with Gasteiger partial charge in [-0.15, -0.1) is 0 Å². The van der Waals surface area contributed by atoms with E-state index in [9.17, 15) is 94.6 Å². The van der Waals surface area contributed by atoms with Gasteiger partial charge >= 0.3 is 100 Å². The fourth-order valence-electron chi connectivity index (χ4n) is 4.08. The van der Waals surface area contributed by atoms with Gasteiger partial charge in [0.25, 0.3) is 5.79 Å². The highest BCUT2D eigenvalue weighted by Gasteiger charge is 2.88. The fraction of sp³-hybridized carbons (Fsp3) is 1.00. The van der Waals surface area contributed by atoms with E-state index in [0.29, 0.717) is 0 Å². The lowest BCUT2D eigenvalue weighted by atomic mass is 9.74. The molecule has 12 unspecified atom stereocenters. The zero-order valence-corrected chi connectivity index (χ0v) is 34.4. The SMILES string of the molecule is CCC(C)C(C)(O[PH](=O)O)C(O[PH](=O)O)(O[PH](=O)O)C(O[PH](=O)O)(O[PH](=O)O)C(O[PH](=O)O)(O[PH](=O)O)C(O[PH](=O)O)(O[PH](=O)O)O[PH](=O)O. The maximum atomic E-state index is 12.6. The average molecular weight is 942 g/mol. The van der Waals surface area contributed by atoms with Gasteiger partial charge in [0.2, 0.25) is 0 Å². The molecule has 0 aromatic heterocycles. The summed E-state index contributed by atoms with van der Waals surface area (Å²) >= 11 is 0. The third-order valence-corrected chi connectivity index (χ3v) is 10.5. The summed E-state index contributed by atoms with van der Waals surface area (Å²) in [5.41, 5.74) is -3.69. The molecule has 0 bridgehead atoms. The number of rotatable bonds is 26. The predicted molar refractivity (Wildman–Crippen MR) is 162 cm³/mol. The van der Waals surface area contributed by atoms with Crippen molar-refractivity contribution in [1.82, 2.24) is 0 Å². The molecule has 50 heavy (non-hydrogen) atoms. The summed E-state index contributed by atoms with van der Waals surface area (Å²) in [6.07, 6.45) is -0.604. The van der Waals surface area contributed by atoms with E-state index in [1.54, 1.807) is 0 Å². The van der Waals surface area contributed by atoms with Crippen LogP contribution in [0.2, 0.25) is 0 Å². The van der Waals surface area contributed by atoms with Crippen molar-refractivity contribution in [1.29, 1.82) is 0 Å². The van der Waals surface area contributed by atoms with Gasteiger partial charge in [-0.1, -0.05) is 20.3 Å². The Morgan fingerprint density at radius 1 is 0.400 bits per heavy atom. The highest BCUT2D eigenvalue weighted by Crippen LogP contribution is 2.68. The Kier molecular flexibility index (Phi) is 22.4. The van der Waals surface area contributed by atoms with Crippen LogP contribution in [0.1, 0.15) is 27.2 Å². The van der Waals surface area contributed by atoms with E-state index in [-0.39, 0.29) is 6.92 Å². The Hall–Kier alpha value is 1.50. The summed E-state index contributed by atoms with van der Waals surface area (Å²) in [4.78, 5) is 99.0. The van der Waals surface area contributed by atoms with Gasteiger partial charge < -0.3 is 48.9 Å². The molecule has 0 radical (unpaired) electrons. The van der Waals surface area contributed by atoms with Crippen LogP contribution in [0.3, 0.4) is 0 Å². The highest BCUT2D eigenvalue weighted by molar-refractivity contribution is 7.35. The van der Waals surface area contributed by atoms with Crippen LogP contribution in [0.4, 0.5) is 0 Å². The average Bonchev–Trinajstić information content (AvgIpc) is 2.87. The van der Waals surface area contributed by atoms with E-state index < -0.39 is 124 Å². The fourth-order valence-corrected chi connectivity index (χ4v) is 10.1. The summed E-state index contributed by atoms with van der Waals surface area (Å²) in [7, 11) is -53.0. The summed E-state index contributed by atoms with van der Waals surface area (Å²) in [6, 6.07) is 0. The van der Waals surface area contributed by atoms with Crippen molar-refractivity contribution in [2.45, 2.75) is 56.1 Å². The summed E-state index contributed by atoms with van der Waals surface area (Å²) in [6.45, 7) is 2.20. The van der Waals surface area contributed by atoms with Gasteiger partial charge in [-0.3, -0.25) is 77.3 Å². The van der Waals surface area contributed by atoms with Gasteiger partial charge in [-0.05, 0) is 12.8 Å². The van der Waals surface area contributed by atoms with Crippen molar-refractivity contribution < 1.29 is 140 Å². The molecule has 0 aromatic rings. The molecule has 0 amide bonds. The third kappa shape index (κ3) is 12.8. The van der Waals surface area contributed by atoms with Crippen LogP contribution in [0.15, 0.2) is 0 Å². The molecule has 0 aromatic carbocycles. The van der Waals surface area contributed by atoms with Crippen molar-refractivity contribution in [2.24, 2.45) is 5.92 Å². The van der Waals surface area contributed by atoms with Crippen LogP contribution in [0, 0.1) is 5.92 Å². The second kappa shape index (κ2) is 21.7. The van der Waals surface area contributed by atoms with E-state index in [4.69, 9.17) is 4.52 Å². The van der Waals surface area contributed by atoms with Crippen molar-refractivity contribution in [3.63, 3.8) is 0 Å². The molecular weight excluding hydrogens is 910 g/mol. The van der Waals surface area contributed by atoms with Gasteiger partial charge in [0.1, 0.15) is 5.60 Å². The van der Waals surface area contributed by atoms with Gasteiger partial charge in [0, 0.05) is 0 Å². The molecule has 0 rings (SSSR count). The minimum absolute atomic E-state index is 0.290. The molecule has 0 fully saturated rings. The van der Waals surface area contributed by atoms with E-state index in [2.05, 4.69) is 40.7 Å². The van der Waals surface area contributed by atoms with Crippen LogP contribution >= 0.6 is 82.5 Å². The molecule has 0 heterocycles. The Balaban J connectivity index is 10.3. The second-order valence-corrected chi connectivity index (χ2v) is 15.9. The maximum absolute atomic E-state index is 12.6. The first-order valence-electron chi connectivity index (χ1n) is 11.8. The molecular formula is C10H32O30P10. The van der Waals surface area contributed by atoms with E-state index in [0.717, 1.165) is 13.8 Å². The number of hydrogen-bond donors (Lipinski definition) is 10. The summed E-state index contributed by atoms with van der Waals surface area (Å²) < 4.78 is 169. The molecule has 0 saturated heterocycles. The lowest BCUT2D eigenvalue weighted by Crippen LogP contribution is -2.83. The first-order chi connectivity index (χ1) is 22.6. The first-order valence-corrected chi connectivity index (χ1v) is 24.5. The minimum Gasteiger partial charge on any atom is -0.326 e. The van der Waals surface area contributed by atoms with Crippen LogP contribution in [0.5, 0.6) is 0 Å². The van der Waals surface area contributed by atoms with E-state index in [1.165, 1.54) is 0 Å². The van der Waals surface area contributed by atoms with Crippen molar-refractivity contribution in [2.75, 3.05) is 0 Å². The van der Waals surface area contributed by atoms with Crippen LogP contribution in [-0.2, 0) is 90.9 Å². The topological polar surface area (TPSA) is 465 Å². The molecule has 0 spiro atoms. The third-order valence-electron chi connectivity index (χ3n) is 5.83. The van der Waals surface area contributed by atoms with Crippen molar-refractivity contribution >= 4 is 82.5 Å². The molecule has 12 atom stereocenters. The lowest BCUT2D eigenvalue weighted by molar-refractivity contribution is -0.503. The Bertz CT molecular complexity index is 1330. The largest absolute Gasteiger partial charge is 0.368 e. The van der Waals surface area contributed by atoms with Crippen LogP contribution in [-0.4, -0.2) is 77.9 Å². The molecule has 40 heteroatoms. The lowest BCUT2D eigenvalue weighted by Gasteiger charge is -2.60. The Labute approximate surface area is 284 Å². The molecule has 10 N–H and O–H groups in total. The Morgan fingerprint density at radius 3 is 0.840 bits per heavy atom. The Morgan fingerprint density at radius 2 is 0.620 bits per heavy atom. The quantitative estimate of drug-likeness (QED) is 0.0387.